The third-order valence-electron chi connectivity index (χ3n) is 4.35. The van der Waals surface area contributed by atoms with Gasteiger partial charge >= 0.3 is 0 Å². The van der Waals surface area contributed by atoms with Crippen molar-refractivity contribution in [2.45, 2.75) is 38.8 Å². The molecule has 2 nitrogen and oxygen atoms in total. The molecule has 1 unspecified atom stereocenters. The van der Waals surface area contributed by atoms with Crippen molar-refractivity contribution in [1.82, 2.24) is 0 Å². The summed E-state index contributed by atoms with van der Waals surface area (Å²) in [6.45, 7) is 4.10. The minimum Gasteiger partial charge on any atom is -0.388 e. The monoisotopic (exact) mass is 281 g/mol. The van der Waals surface area contributed by atoms with E-state index < -0.39 is 0 Å². The molecule has 2 aromatic carbocycles. The first kappa shape index (κ1) is 14.2. The van der Waals surface area contributed by atoms with Crippen LogP contribution in [0.5, 0.6) is 0 Å². The number of aliphatic hydroxyl groups excluding tert-OH is 1. The largest absolute Gasteiger partial charge is 0.388 e. The van der Waals surface area contributed by atoms with Gasteiger partial charge in [-0.15, -0.1) is 0 Å². The Morgan fingerprint density at radius 1 is 1.05 bits per heavy atom. The molecule has 1 atom stereocenters. The summed E-state index contributed by atoms with van der Waals surface area (Å²) in [5, 5.41) is 10.3. The summed E-state index contributed by atoms with van der Waals surface area (Å²) in [5.74, 6) is 0. The Labute approximate surface area is 127 Å². The molecule has 1 aliphatic heterocycles. The molecule has 0 radical (unpaired) electrons. The van der Waals surface area contributed by atoms with E-state index in [9.17, 15) is 5.11 Å². The molecule has 0 aromatic heterocycles. The molecule has 1 N–H and O–H groups in total. The van der Waals surface area contributed by atoms with Crippen LogP contribution in [0.15, 0.2) is 48.5 Å². The zero-order chi connectivity index (χ0) is 14.7. The summed E-state index contributed by atoms with van der Waals surface area (Å²) >= 11 is 0. The van der Waals surface area contributed by atoms with E-state index in [-0.39, 0.29) is 6.10 Å². The fourth-order valence-electron chi connectivity index (χ4n) is 3.07. The number of fused-ring (bicyclic) bond motifs is 1. The Kier molecular flexibility index (Phi) is 4.26. The van der Waals surface area contributed by atoms with Gasteiger partial charge in [-0.2, -0.15) is 0 Å². The number of para-hydroxylation sites is 1. The zero-order valence-electron chi connectivity index (χ0n) is 12.6. The molecule has 1 aliphatic rings. The quantitative estimate of drug-likeness (QED) is 0.916. The van der Waals surface area contributed by atoms with Gasteiger partial charge in [0.15, 0.2) is 0 Å². The Morgan fingerprint density at radius 2 is 1.76 bits per heavy atom. The molecule has 2 heteroatoms. The van der Waals surface area contributed by atoms with Gasteiger partial charge in [-0.05, 0) is 36.5 Å². The highest BCUT2D eigenvalue weighted by atomic mass is 16.3. The molecular formula is C19H23NO. The van der Waals surface area contributed by atoms with Crippen LogP contribution in [0.2, 0.25) is 0 Å². The van der Waals surface area contributed by atoms with Crippen LogP contribution >= 0.6 is 0 Å². The van der Waals surface area contributed by atoms with Gasteiger partial charge in [0.1, 0.15) is 0 Å². The Hall–Kier alpha value is -1.80. The first-order chi connectivity index (χ1) is 10.3. The molecule has 21 heavy (non-hydrogen) atoms. The fraction of sp³-hybridized carbons (Fsp3) is 0.368. The topological polar surface area (TPSA) is 23.5 Å². The summed E-state index contributed by atoms with van der Waals surface area (Å²) in [6, 6.07) is 17.1. The SMILES string of the molecule is CCc1ccc(CN2CCCC(O)c3ccccc32)cc1. The van der Waals surface area contributed by atoms with Crippen LogP contribution < -0.4 is 4.90 Å². The molecule has 3 rings (SSSR count). The first-order valence-corrected chi connectivity index (χ1v) is 7.87. The molecule has 0 saturated carbocycles. The van der Waals surface area contributed by atoms with Gasteiger partial charge in [-0.3, -0.25) is 0 Å². The van der Waals surface area contributed by atoms with Gasteiger partial charge in [0.2, 0.25) is 0 Å². The van der Waals surface area contributed by atoms with Crippen LogP contribution in [-0.2, 0) is 13.0 Å². The number of rotatable bonds is 3. The number of hydrogen-bond acceptors (Lipinski definition) is 2. The highest BCUT2D eigenvalue weighted by Gasteiger charge is 2.20. The standard InChI is InChI=1S/C19H23NO/c1-2-15-9-11-16(12-10-15)14-20-13-5-8-19(21)17-6-3-4-7-18(17)20/h3-4,6-7,9-12,19,21H,2,5,8,13-14H2,1H3. The van der Waals surface area contributed by atoms with Crippen LogP contribution in [0, 0.1) is 0 Å². The number of anilines is 1. The Bertz CT molecular complexity index is 591. The van der Waals surface area contributed by atoms with Crippen molar-refractivity contribution in [3.63, 3.8) is 0 Å². The van der Waals surface area contributed by atoms with Crippen molar-refractivity contribution in [1.29, 1.82) is 0 Å². The van der Waals surface area contributed by atoms with Crippen molar-refractivity contribution >= 4 is 5.69 Å². The zero-order valence-corrected chi connectivity index (χ0v) is 12.6. The minimum absolute atomic E-state index is 0.325. The molecule has 0 aliphatic carbocycles. The maximum Gasteiger partial charge on any atom is 0.0810 e. The van der Waals surface area contributed by atoms with Crippen LogP contribution in [0.25, 0.3) is 0 Å². The van der Waals surface area contributed by atoms with Gasteiger partial charge in [0.25, 0.3) is 0 Å². The number of nitrogens with zero attached hydrogens (tertiary/aromatic N) is 1. The second-order valence-electron chi connectivity index (χ2n) is 5.81. The molecule has 110 valence electrons. The molecule has 0 bridgehead atoms. The predicted molar refractivity (Wildman–Crippen MR) is 87.5 cm³/mol. The lowest BCUT2D eigenvalue weighted by Crippen LogP contribution is -2.23. The van der Waals surface area contributed by atoms with Gasteiger partial charge in [0.05, 0.1) is 6.10 Å². The lowest BCUT2D eigenvalue weighted by atomic mass is 10.0. The number of aryl methyl sites for hydroxylation is 1. The van der Waals surface area contributed by atoms with Gasteiger partial charge in [-0.25, -0.2) is 0 Å². The van der Waals surface area contributed by atoms with E-state index in [4.69, 9.17) is 0 Å². The molecule has 0 amide bonds. The van der Waals surface area contributed by atoms with Gasteiger partial charge in [-0.1, -0.05) is 49.4 Å². The van der Waals surface area contributed by atoms with Gasteiger partial charge in [0, 0.05) is 24.3 Å². The molecule has 0 saturated heterocycles. The average Bonchev–Trinajstić information content (AvgIpc) is 2.69. The van der Waals surface area contributed by atoms with Crippen molar-refractivity contribution in [3.8, 4) is 0 Å². The molecular weight excluding hydrogens is 258 g/mol. The Morgan fingerprint density at radius 3 is 2.52 bits per heavy atom. The fourth-order valence-corrected chi connectivity index (χ4v) is 3.07. The first-order valence-electron chi connectivity index (χ1n) is 7.87. The van der Waals surface area contributed by atoms with Crippen molar-refractivity contribution < 1.29 is 5.11 Å². The van der Waals surface area contributed by atoms with Crippen molar-refractivity contribution in [3.05, 3.63) is 65.2 Å². The summed E-state index contributed by atoms with van der Waals surface area (Å²) in [6.07, 6.45) is 2.64. The smallest absolute Gasteiger partial charge is 0.0810 e. The Balaban J connectivity index is 1.85. The van der Waals surface area contributed by atoms with E-state index in [1.165, 1.54) is 16.8 Å². The highest BCUT2D eigenvalue weighted by Crippen LogP contribution is 2.33. The molecule has 0 spiro atoms. The van der Waals surface area contributed by atoms with Crippen molar-refractivity contribution in [2.75, 3.05) is 11.4 Å². The summed E-state index contributed by atoms with van der Waals surface area (Å²) in [5.41, 5.74) is 4.96. The average molecular weight is 281 g/mol. The van der Waals surface area contributed by atoms with E-state index in [2.05, 4.69) is 54.3 Å². The van der Waals surface area contributed by atoms with Crippen molar-refractivity contribution in [2.24, 2.45) is 0 Å². The second kappa shape index (κ2) is 6.31. The number of hydrogen-bond donors (Lipinski definition) is 1. The molecule has 1 heterocycles. The lowest BCUT2D eigenvalue weighted by Gasteiger charge is -2.25. The summed E-state index contributed by atoms with van der Waals surface area (Å²) in [7, 11) is 0. The third kappa shape index (κ3) is 3.11. The third-order valence-corrected chi connectivity index (χ3v) is 4.35. The predicted octanol–water partition coefficient (Wildman–Crippen LogP) is 4.08. The maximum absolute atomic E-state index is 10.3. The summed E-state index contributed by atoms with van der Waals surface area (Å²) in [4.78, 5) is 2.40. The van der Waals surface area contributed by atoms with E-state index in [1.807, 2.05) is 6.07 Å². The number of aliphatic hydroxyl groups is 1. The molecule has 0 fully saturated rings. The summed E-state index contributed by atoms with van der Waals surface area (Å²) < 4.78 is 0. The van der Waals surface area contributed by atoms with Gasteiger partial charge < -0.3 is 10.0 Å². The van der Waals surface area contributed by atoms with E-state index in [0.717, 1.165) is 37.9 Å². The normalized spacial score (nSPS) is 18.2. The highest BCUT2D eigenvalue weighted by molar-refractivity contribution is 5.55. The lowest BCUT2D eigenvalue weighted by molar-refractivity contribution is 0.168. The van der Waals surface area contributed by atoms with Crippen LogP contribution in [0.1, 0.15) is 42.6 Å². The van der Waals surface area contributed by atoms with E-state index in [0.29, 0.717) is 0 Å². The van der Waals surface area contributed by atoms with Crippen LogP contribution in [0.4, 0.5) is 5.69 Å². The van der Waals surface area contributed by atoms with E-state index in [1.54, 1.807) is 0 Å². The van der Waals surface area contributed by atoms with Crippen LogP contribution in [-0.4, -0.2) is 11.7 Å². The minimum atomic E-state index is -0.325. The maximum atomic E-state index is 10.3. The van der Waals surface area contributed by atoms with Crippen LogP contribution in [0.3, 0.4) is 0 Å². The second-order valence-corrected chi connectivity index (χ2v) is 5.81. The number of benzene rings is 2. The van der Waals surface area contributed by atoms with E-state index >= 15 is 0 Å². The molecule has 2 aromatic rings.